The number of nitrogens with zero attached hydrogens (tertiary/aromatic N) is 2. The molecular formula is C12H13ClN2O. The molecule has 4 heteroatoms. The van der Waals surface area contributed by atoms with E-state index in [1.807, 2.05) is 18.2 Å². The van der Waals surface area contributed by atoms with Gasteiger partial charge in [0.05, 0.1) is 12.8 Å². The molecule has 2 aromatic rings. The largest absolute Gasteiger partial charge is 0.494 e. The molecule has 0 N–H and O–H groups in total. The van der Waals surface area contributed by atoms with Gasteiger partial charge in [0, 0.05) is 5.39 Å². The van der Waals surface area contributed by atoms with Gasteiger partial charge in [0.25, 0.3) is 0 Å². The van der Waals surface area contributed by atoms with Crippen molar-refractivity contribution in [2.75, 3.05) is 7.11 Å². The van der Waals surface area contributed by atoms with E-state index in [0.717, 1.165) is 22.3 Å². The molecule has 0 aliphatic rings. The van der Waals surface area contributed by atoms with Gasteiger partial charge in [0.2, 0.25) is 5.28 Å². The Morgan fingerprint density at radius 2 is 2.00 bits per heavy atom. The Morgan fingerprint density at radius 3 is 2.62 bits per heavy atom. The number of hydrogen-bond donors (Lipinski definition) is 0. The molecule has 0 amide bonds. The Morgan fingerprint density at radius 1 is 1.25 bits per heavy atom. The minimum absolute atomic E-state index is 0.265. The minimum atomic E-state index is 0.265. The standard InChI is InChI=1S/C12H13ClN2O/c1-7(2)10-8-5-4-6-9(16-3)11(8)15-12(13)14-10/h4-7H,1-3H3. The number of para-hydroxylation sites is 1. The maximum absolute atomic E-state index is 5.92. The van der Waals surface area contributed by atoms with Crippen LogP contribution in [-0.2, 0) is 0 Å². The first-order valence-electron chi connectivity index (χ1n) is 5.13. The molecule has 3 nitrogen and oxygen atoms in total. The average molecular weight is 237 g/mol. The van der Waals surface area contributed by atoms with E-state index in [1.54, 1.807) is 7.11 Å². The summed E-state index contributed by atoms with van der Waals surface area (Å²) in [7, 11) is 1.62. The lowest BCUT2D eigenvalue weighted by molar-refractivity contribution is 0.419. The normalized spacial score (nSPS) is 11.1. The monoisotopic (exact) mass is 236 g/mol. The lowest BCUT2D eigenvalue weighted by Gasteiger charge is -2.10. The van der Waals surface area contributed by atoms with Crippen molar-refractivity contribution < 1.29 is 4.74 Å². The van der Waals surface area contributed by atoms with Gasteiger partial charge in [-0.25, -0.2) is 9.97 Å². The molecule has 1 aromatic heterocycles. The third-order valence-corrected chi connectivity index (χ3v) is 2.63. The van der Waals surface area contributed by atoms with Crippen molar-refractivity contribution in [3.8, 4) is 5.75 Å². The number of rotatable bonds is 2. The molecule has 16 heavy (non-hydrogen) atoms. The van der Waals surface area contributed by atoms with Crippen molar-refractivity contribution in [3.05, 3.63) is 29.2 Å². The maximum Gasteiger partial charge on any atom is 0.223 e. The highest BCUT2D eigenvalue weighted by Gasteiger charge is 2.12. The van der Waals surface area contributed by atoms with E-state index in [9.17, 15) is 0 Å². The van der Waals surface area contributed by atoms with E-state index in [-0.39, 0.29) is 5.28 Å². The van der Waals surface area contributed by atoms with Gasteiger partial charge >= 0.3 is 0 Å². The number of hydrogen-bond acceptors (Lipinski definition) is 3. The summed E-state index contributed by atoms with van der Waals surface area (Å²) >= 11 is 5.92. The highest BCUT2D eigenvalue weighted by atomic mass is 35.5. The average Bonchev–Trinajstić information content (AvgIpc) is 2.27. The first-order valence-corrected chi connectivity index (χ1v) is 5.51. The van der Waals surface area contributed by atoms with E-state index >= 15 is 0 Å². The van der Waals surface area contributed by atoms with Gasteiger partial charge in [-0.3, -0.25) is 0 Å². The number of aromatic nitrogens is 2. The zero-order valence-electron chi connectivity index (χ0n) is 9.49. The Bertz CT molecular complexity index is 526. The van der Waals surface area contributed by atoms with Gasteiger partial charge in [0.15, 0.2) is 0 Å². The van der Waals surface area contributed by atoms with Crippen molar-refractivity contribution in [2.24, 2.45) is 0 Å². The van der Waals surface area contributed by atoms with Crippen LogP contribution in [0.3, 0.4) is 0 Å². The van der Waals surface area contributed by atoms with Crippen LogP contribution in [0.4, 0.5) is 0 Å². The molecule has 0 radical (unpaired) electrons. The number of benzene rings is 1. The molecule has 0 fully saturated rings. The van der Waals surface area contributed by atoms with Crippen LogP contribution in [0.15, 0.2) is 18.2 Å². The smallest absolute Gasteiger partial charge is 0.223 e. The van der Waals surface area contributed by atoms with Crippen LogP contribution >= 0.6 is 11.6 Å². The fourth-order valence-corrected chi connectivity index (χ4v) is 1.90. The maximum atomic E-state index is 5.92. The summed E-state index contributed by atoms with van der Waals surface area (Å²) in [4.78, 5) is 8.49. The Labute approximate surface area is 99.4 Å². The van der Waals surface area contributed by atoms with Crippen LogP contribution in [0.25, 0.3) is 10.9 Å². The molecule has 0 atom stereocenters. The zero-order chi connectivity index (χ0) is 11.7. The van der Waals surface area contributed by atoms with Gasteiger partial charge in [-0.1, -0.05) is 26.0 Å². The number of methoxy groups -OCH3 is 1. The minimum Gasteiger partial charge on any atom is -0.494 e. The van der Waals surface area contributed by atoms with E-state index in [1.165, 1.54) is 0 Å². The molecule has 0 bridgehead atoms. The van der Waals surface area contributed by atoms with Gasteiger partial charge < -0.3 is 4.74 Å². The third-order valence-electron chi connectivity index (χ3n) is 2.46. The van der Waals surface area contributed by atoms with E-state index in [4.69, 9.17) is 16.3 Å². The summed E-state index contributed by atoms with van der Waals surface area (Å²) in [5.41, 5.74) is 1.72. The highest BCUT2D eigenvalue weighted by molar-refractivity contribution is 6.28. The molecular weight excluding hydrogens is 224 g/mol. The van der Waals surface area contributed by atoms with Gasteiger partial charge in [0.1, 0.15) is 11.3 Å². The predicted molar refractivity (Wildman–Crippen MR) is 65.2 cm³/mol. The van der Waals surface area contributed by atoms with Crippen molar-refractivity contribution in [1.29, 1.82) is 0 Å². The lowest BCUT2D eigenvalue weighted by atomic mass is 10.0. The second-order valence-electron chi connectivity index (χ2n) is 3.89. The zero-order valence-corrected chi connectivity index (χ0v) is 10.2. The summed E-state index contributed by atoms with van der Waals surface area (Å²) < 4.78 is 5.27. The molecule has 2 rings (SSSR count). The molecule has 0 aliphatic carbocycles. The van der Waals surface area contributed by atoms with Crippen LogP contribution in [0.1, 0.15) is 25.5 Å². The summed E-state index contributed by atoms with van der Waals surface area (Å²) in [5.74, 6) is 1.03. The van der Waals surface area contributed by atoms with Crippen molar-refractivity contribution >= 4 is 22.5 Å². The second kappa shape index (κ2) is 4.26. The topological polar surface area (TPSA) is 35.0 Å². The SMILES string of the molecule is COc1cccc2c(C(C)C)nc(Cl)nc12. The molecule has 0 saturated heterocycles. The van der Waals surface area contributed by atoms with Crippen LogP contribution in [0, 0.1) is 0 Å². The van der Waals surface area contributed by atoms with E-state index in [0.29, 0.717) is 5.92 Å². The lowest BCUT2D eigenvalue weighted by Crippen LogP contribution is -1.98. The predicted octanol–water partition coefficient (Wildman–Crippen LogP) is 3.42. The van der Waals surface area contributed by atoms with E-state index < -0.39 is 0 Å². The van der Waals surface area contributed by atoms with Crippen LogP contribution in [0.5, 0.6) is 5.75 Å². The number of ether oxygens (including phenoxy) is 1. The summed E-state index contributed by atoms with van der Waals surface area (Å²) in [6.45, 7) is 4.16. The molecule has 1 aromatic carbocycles. The Kier molecular flexibility index (Phi) is 2.97. The van der Waals surface area contributed by atoms with Gasteiger partial charge in [-0.15, -0.1) is 0 Å². The van der Waals surface area contributed by atoms with Crippen molar-refractivity contribution in [2.45, 2.75) is 19.8 Å². The quantitative estimate of drug-likeness (QED) is 0.750. The van der Waals surface area contributed by atoms with Crippen LogP contribution in [0.2, 0.25) is 5.28 Å². The summed E-state index contributed by atoms with van der Waals surface area (Å²) in [6.07, 6.45) is 0. The van der Waals surface area contributed by atoms with Crippen molar-refractivity contribution in [3.63, 3.8) is 0 Å². The van der Waals surface area contributed by atoms with Gasteiger partial charge in [-0.2, -0.15) is 0 Å². The summed E-state index contributed by atoms with van der Waals surface area (Å²) in [5, 5.41) is 1.26. The molecule has 0 aliphatic heterocycles. The van der Waals surface area contributed by atoms with E-state index in [2.05, 4.69) is 23.8 Å². The van der Waals surface area contributed by atoms with Crippen LogP contribution in [-0.4, -0.2) is 17.1 Å². The Balaban J connectivity index is 2.83. The Hall–Kier alpha value is -1.35. The molecule has 0 saturated carbocycles. The molecule has 0 unspecified atom stereocenters. The fraction of sp³-hybridized carbons (Fsp3) is 0.333. The first kappa shape index (κ1) is 11.1. The third kappa shape index (κ3) is 1.83. The fourth-order valence-electron chi connectivity index (χ4n) is 1.73. The number of fused-ring (bicyclic) bond motifs is 1. The molecule has 0 spiro atoms. The van der Waals surface area contributed by atoms with Crippen LogP contribution < -0.4 is 4.74 Å². The molecule has 1 heterocycles. The summed E-state index contributed by atoms with van der Waals surface area (Å²) in [6, 6.07) is 5.80. The van der Waals surface area contributed by atoms with Crippen molar-refractivity contribution in [1.82, 2.24) is 9.97 Å². The highest BCUT2D eigenvalue weighted by Crippen LogP contribution is 2.29. The second-order valence-corrected chi connectivity index (χ2v) is 4.23. The first-order chi connectivity index (χ1) is 7.63. The van der Waals surface area contributed by atoms with Gasteiger partial charge in [-0.05, 0) is 23.6 Å². The number of halogens is 1. The molecule has 84 valence electrons.